The van der Waals surface area contributed by atoms with Crippen molar-refractivity contribution in [3.8, 4) is 17.2 Å². The van der Waals surface area contributed by atoms with E-state index in [4.69, 9.17) is 30.5 Å². The fourth-order valence-corrected chi connectivity index (χ4v) is 5.11. The molecule has 9 nitrogen and oxygen atoms in total. The third kappa shape index (κ3) is 4.99. The molecule has 0 bridgehead atoms. The Kier molecular flexibility index (Phi) is 7.67. The van der Waals surface area contributed by atoms with Crippen molar-refractivity contribution in [2.75, 3.05) is 20.8 Å². The van der Waals surface area contributed by atoms with Gasteiger partial charge in [0.1, 0.15) is 12.6 Å². The predicted molar refractivity (Wildman–Crippen MR) is 141 cm³/mol. The second-order valence-electron chi connectivity index (χ2n) is 8.82. The van der Waals surface area contributed by atoms with E-state index in [9.17, 15) is 4.79 Å². The third-order valence-electron chi connectivity index (χ3n) is 6.60. The lowest BCUT2D eigenvalue weighted by Crippen LogP contribution is -2.17. The number of fused-ring (bicyclic) bond motifs is 3. The molecule has 0 aliphatic carbocycles. The number of hydrogen-bond donors (Lipinski definition) is 0. The van der Waals surface area contributed by atoms with Gasteiger partial charge >= 0.3 is 5.97 Å². The first-order valence-corrected chi connectivity index (χ1v) is 12.8. The first kappa shape index (κ1) is 25.8. The van der Waals surface area contributed by atoms with E-state index in [0.717, 1.165) is 28.2 Å². The van der Waals surface area contributed by atoms with Crippen LogP contribution in [0.5, 0.6) is 11.5 Å². The van der Waals surface area contributed by atoms with Crippen LogP contribution >= 0.6 is 11.6 Å². The van der Waals surface area contributed by atoms with Gasteiger partial charge in [0.05, 0.1) is 50.2 Å². The standard InChI is InChI=1S/C28H29ClN4O5/c1-4-37-26(34)17-33-19(16-30-31-33)11-13-24-23-8-6-14-32(23)22-12-10-18(29)15-21(22)27(38-24)20-7-5-9-25(35-2)28(20)36-3/h5-10,12,14-16,24,27H,4,11,13,17H2,1-3H3/t24-,27-/m1/s1. The second kappa shape index (κ2) is 11.3. The van der Waals surface area contributed by atoms with Crippen molar-refractivity contribution in [3.63, 3.8) is 0 Å². The Bertz CT molecular complexity index is 1430. The summed E-state index contributed by atoms with van der Waals surface area (Å²) in [6.45, 7) is 2.10. The number of benzene rings is 2. The molecule has 0 spiro atoms. The predicted octanol–water partition coefficient (Wildman–Crippen LogP) is 5.10. The minimum atomic E-state index is -0.485. The van der Waals surface area contributed by atoms with Crippen molar-refractivity contribution in [1.29, 1.82) is 0 Å². The lowest BCUT2D eigenvalue weighted by atomic mass is 9.98. The average Bonchev–Trinajstić information content (AvgIpc) is 3.56. The number of methoxy groups -OCH3 is 2. The van der Waals surface area contributed by atoms with Crippen LogP contribution in [0.2, 0.25) is 5.02 Å². The zero-order valence-corrected chi connectivity index (χ0v) is 22.2. The Balaban J connectivity index is 1.53. The molecule has 0 saturated carbocycles. The molecule has 1 aliphatic heterocycles. The van der Waals surface area contributed by atoms with Gasteiger partial charge in [-0.2, -0.15) is 0 Å². The van der Waals surface area contributed by atoms with Crippen molar-refractivity contribution in [2.24, 2.45) is 0 Å². The molecule has 38 heavy (non-hydrogen) atoms. The number of esters is 1. The average molecular weight is 537 g/mol. The maximum atomic E-state index is 12.0. The molecule has 0 unspecified atom stereocenters. The number of carbonyl (C=O) groups excluding carboxylic acids is 1. The molecule has 2 atom stereocenters. The fourth-order valence-electron chi connectivity index (χ4n) is 4.93. The second-order valence-corrected chi connectivity index (χ2v) is 9.26. The maximum Gasteiger partial charge on any atom is 0.327 e. The van der Waals surface area contributed by atoms with Gasteiger partial charge in [-0.05, 0) is 56.2 Å². The minimum Gasteiger partial charge on any atom is -0.493 e. The van der Waals surface area contributed by atoms with Gasteiger partial charge in [0.25, 0.3) is 0 Å². The van der Waals surface area contributed by atoms with E-state index in [2.05, 4.69) is 20.9 Å². The van der Waals surface area contributed by atoms with E-state index in [1.54, 1.807) is 32.0 Å². The Morgan fingerprint density at radius 1 is 1.11 bits per heavy atom. The van der Waals surface area contributed by atoms with Crippen molar-refractivity contribution in [3.05, 3.63) is 88.5 Å². The van der Waals surface area contributed by atoms with Gasteiger partial charge in [-0.25, -0.2) is 4.68 Å². The smallest absolute Gasteiger partial charge is 0.327 e. The first-order chi connectivity index (χ1) is 18.5. The number of aryl methyl sites for hydroxylation is 1. The highest BCUT2D eigenvalue weighted by atomic mass is 35.5. The van der Waals surface area contributed by atoms with Crippen molar-refractivity contribution in [1.82, 2.24) is 19.6 Å². The molecule has 1 aliphatic rings. The number of rotatable bonds is 9. The summed E-state index contributed by atoms with van der Waals surface area (Å²) in [5.41, 5.74) is 4.54. The highest BCUT2D eigenvalue weighted by molar-refractivity contribution is 6.30. The van der Waals surface area contributed by atoms with E-state index in [1.165, 1.54) is 0 Å². The normalized spacial score (nSPS) is 16.3. The molecule has 5 rings (SSSR count). The van der Waals surface area contributed by atoms with Crippen molar-refractivity contribution >= 4 is 17.6 Å². The number of carbonyl (C=O) groups is 1. The molecule has 0 saturated heterocycles. The van der Waals surface area contributed by atoms with Crippen LogP contribution in [0.4, 0.5) is 0 Å². The van der Waals surface area contributed by atoms with E-state index in [0.29, 0.717) is 36.0 Å². The van der Waals surface area contributed by atoms with Crippen LogP contribution in [0.1, 0.15) is 48.1 Å². The Morgan fingerprint density at radius 2 is 1.97 bits per heavy atom. The van der Waals surface area contributed by atoms with Gasteiger partial charge in [-0.15, -0.1) is 5.10 Å². The molecule has 2 aromatic heterocycles. The Morgan fingerprint density at radius 3 is 2.76 bits per heavy atom. The van der Waals surface area contributed by atoms with E-state index >= 15 is 0 Å². The van der Waals surface area contributed by atoms with Gasteiger partial charge < -0.3 is 23.5 Å². The molecule has 3 heterocycles. The largest absolute Gasteiger partial charge is 0.493 e. The van der Waals surface area contributed by atoms with Crippen molar-refractivity contribution in [2.45, 2.75) is 38.5 Å². The summed E-state index contributed by atoms with van der Waals surface area (Å²) in [5, 5.41) is 8.70. The third-order valence-corrected chi connectivity index (χ3v) is 6.84. The van der Waals surface area contributed by atoms with E-state index in [1.807, 2.05) is 48.7 Å². The van der Waals surface area contributed by atoms with Crippen LogP contribution in [-0.4, -0.2) is 46.4 Å². The van der Waals surface area contributed by atoms with Gasteiger partial charge in [0, 0.05) is 22.3 Å². The highest BCUT2D eigenvalue weighted by Gasteiger charge is 2.33. The summed E-state index contributed by atoms with van der Waals surface area (Å²) < 4.78 is 27.1. The van der Waals surface area contributed by atoms with E-state index < -0.39 is 6.10 Å². The highest BCUT2D eigenvalue weighted by Crippen LogP contribution is 2.46. The summed E-state index contributed by atoms with van der Waals surface area (Å²) in [7, 11) is 3.23. The lowest BCUT2D eigenvalue weighted by molar-refractivity contribution is -0.144. The molecule has 10 heteroatoms. The molecule has 0 N–H and O–H groups in total. The van der Waals surface area contributed by atoms with Crippen LogP contribution < -0.4 is 9.47 Å². The number of para-hydroxylation sites is 1. The summed E-state index contributed by atoms with van der Waals surface area (Å²) >= 11 is 6.49. The summed E-state index contributed by atoms with van der Waals surface area (Å²) in [4.78, 5) is 12.0. The molecular weight excluding hydrogens is 508 g/mol. The van der Waals surface area contributed by atoms with Gasteiger partial charge in [-0.1, -0.05) is 28.9 Å². The maximum absolute atomic E-state index is 12.0. The molecule has 4 aromatic rings. The Labute approximate surface area is 225 Å². The topological polar surface area (TPSA) is 89.6 Å². The fraction of sp³-hybridized carbons (Fsp3) is 0.321. The molecule has 198 valence electrons. The van der Waals surface area contributed by atoms with Gasteiger partial charge in [-0.3, -0.25) is 4.79 Å². The van der Waals surface area contributed by atoms with Gasteiger partial charge in [0.15, 0.2) is 11.5 Å². The zero-order chi connectivity index (χ0) is 26.6. The molecule has 0 amide bonds. The Hall–Kier alpha value is -3.82. The first-order valence-electron chi connectivity index (χ1n) is 12.4. The number of hydrogen-bond acceptors (Lipinski definition) is 7. The molecule has 0 fully saturated rings. The lowest BCUT2D eigenvalue weighted by Gasteiger charge is -2.25. The van der Waals surface area contributed by atoms with Crippen LogP contribution in [0.3, 0.4) is 0 Å². The van der Waals surface area contributed by atoms with Crippen LogP contribution in [0.25, 0.3) is 5.69 Å². The summed E-state index contributed by atoms with van der Waals surface area (Å²) in [6.07, 6.45) is 4.11. The van der Waals surface area contributed by atoms with E-state index in [-0.39, 0.29) is 18.6 Å². The zero-order valence-electron chi connectivity index (χ0n) is 21.5. The molecule has 2 aromatic carbocycles. The summed E-state index contributed by atoms with van der Waals surface area (Å²) in [6, 6.07) is 15.6. The number of aromatic nitrogens is 4. The quantitative estimate of drug-likeness (QED) is 0.275. The van der Waals surface area contributed by atoms with Crippen molar-refractivity contribution < 1.29 is 23.7 Å². The van der Waals surface area contributed by atoms with Crippen LogP contribution in [-0.2, 0) is 27.2 Å². The SMILES string of the molecule is CCOC(=O)Cn1nncc1CC[C@H]1O[C@H](c2cccc(OC)c2OC)c2cc(Cl)ccc2-n2cccc21. The monoisotopic (exact) mass is 536 g/mol. The number of halogens is 1. The van der Waals surface area contributed by atoms with Gasteiger partial charge in [0.2, 0.25) is 0 Å². The van der Waals surface area contributed by atoms with Crippen LogP contribution in [0, 0.1) is 0 Å². The number of ether oxygens (including phenoxy) is 4. The molecule has 0 radical (unpaired) electrons. The molecular formula is C28H29ClN4O5. The van der Waals surface area contributed by atoms with Crippen LogP contribution in [0.15, 0.2) is 60.9 Å². The summed E-state index contributed by atoms with van der Waals surface area (Å²) in [5.74, 6) is 0.871. The number of nitrogens with zero attached hydrogens (tertiary/aromatic N) is 4. The minimum absolute atomic E-state index is 0.0125.